The molecule has 0 unspecified atom stereocenters. The van der Waals surface area contributed by atoms with E-state index in [1.807, 2.05) is 0 Å². The summed E-state index contributed by atoms with van der Waals surface area (Å²) in [5, 5.41) is 6.98. The number of amides is 1. The Morgan fingerprint density at radius 3 is 2.65 bits per heavy atom. The van der Waals surface area contributed by atoms with E-state index in [2.05, 4.69) is 15.4 Å². The Bertz CT molecular complexity index is 1350. The maximum absolute atomic E-state index is 13.1. The quantitative estimate of drug-likeness (QED) is 0.535. The molecule has 4 aromatic rings. The number of nitrogens with one attached hydrogen (secondary N) is 1. The molecule has 160 valence electrons. The van der Waals surface area contributed by atoms with Gasteiger partial charge in [-0.15, -0.1) is 0 Å². The SMILES string of the molecule is CC(C)n1nc(CC(=O)Nc2ccn3ccnc3c2)c(=O)c2ccc(C(F)(F)F)cc21. The molecule has 0 spiro atoms. The number of rotatable bonds is 4. The van der Waals surface area contributed by atoms with Gasteiger partial charge in [-0.05, 0) is 38.1 Å². The molecular weight excluding hydrogens is 411 g/mol. The number of pyridine rings is 1. The second-order valence-electron chi connectivity index (χ2n) is 7.38. The van der Waals surface area contributed by atoms with Gasteiger partial charge in [0.25, 0.3) is 0 Å². The summed E-state index contributed by atoms with van der Waals surface area (Å²) in [6.45, 7) is 3.47. The fourth-order valence-corrected chi connectivity index (χ4v) is 3.33. The minimum absolute atomic E-state index is 0.0413. The van der Waals surface area contributed by atoms with E-state index in [1.165, 1.54) is 4.68 Å². The molecule has 0 bridgehead atoms. The van der Waals surface area contributed by atoms with Crippen LogP contribution in [0.5, 0.6) is 0 Å². The van der Waals surface area contributed by atoms with Gasteiger partial charge < -0.3 is 9.72 Å². The van der Waals surface area contributed by atoms with E-state index in [1.54, 1.807) is 49.0 Å². The highest BCUT2D eigenvalue weighted by Crippen LogP contribution is 2.31. The molecule has 0 radical (unpaired) electrons. The first-order chi connectivity index (χ1) is 14.6. The maximum atomic E-state index is 13.1. The summed E-state index contributed by atoms with van der Waals surface area (Å²) in [6.07, 6.45) is 0.260. The standard InChI is InChI=1S/C21H18F3N5O2/c1-12(2)29-17-9-13(21(22,23)24)3-4-15(17)20(31)16(27-29)11-19(30)26-14-5-7-28-8-6-25-18(28)10-14/h3-10,12H,11H2,1-2H3,(H,26,30). The number of benzene rings is 1. The van der Waals surface area contributed by atoms with E-state index < -0.39 is 23.1 Å². The first kappa shape index (κ1) is 20.6. The number of aromatic nitrogens is 4. The Hall–Kier alpha value is -3.69. The van der Waals surface area contributed by atoms with Gasteiger partial charge in [-0.25, -0.2) is 4.98 Å². The van der Waals surface area contributed by atoms with E-state index >= 15 is 0 Å². The van der Waals surface area contributed by atoms with Gasteiger partial charge in [0.05, 0.1) is 17.5 Å². The van der Waals surface area contributed by atoms with Crippen LogP contribution in [0.1, 0.15) is 31.1 Å². The summed E-state index contributed by atoms with van der Waals surface area (Å²) < 4.78 is 42.5. The normalized spacial score (nSPS) is 12.1. The first-order valence-electron chi connectivity index (χ1n) is 9.48. The number of anilines is 1. The van der Waals surface area contributed by atoms with Crippen LogP contribution in [0.15, 0.2) is 53.7 Å². The highest BCUT2D eigenvalue weighted by atomic mass is 19.4. The van der Waals surface area contributed by atoms with Gasteiger partial charge in [-0.3, -0.25) is 14.3 Å². The Labute approximate surface area is 174 Å². The van der Waals surface area contributed by atoms with Gasteiger partial charge in [0.1, 0.15) is 11.3 Å². The molecular formula is C21H18F3N5O2. The van der Waals surface area contributed by atoms with Crippen LogP contribution < -0.4 is 10.7 Å². The monoisotopic (exact) mass is 429 g/mol. The molecule has 31 heavy (non-hydrogen) atoms. The number of halogens is 3. The second kappa shape index (κ2) is 7.53. The molecule has 10 heteroatoms. The smallest absolute Gasteiger partial charge is 0.326 e. The van der Waals surface area contributed by atoms with E-state index in [9.17, 15) is 22.8 Å². The van der Waals surface area contributed by atoms with Crippen LogP contribution in [0.4, 0.5) is 18.9 Å². The van der Waals surface area contributed by atoms with Crippen molar-refractivity contribution in [2.75, 3.05) is 5.32 Å². The molecule has 7 nitrogen and oxygen atoms in total. The van der Waals surface area contributed by atoms with Gasteiger partial charge in [-0.1, -0.05) is 0 Å². The van der Waals surface area contributed by atoms with Crippen molar-refractivity contribution in [3.63, 3.8) is 0 Å². The summed E-state index contributed by atoms with van der Waals surface area (Å²) in [4.78, 5) is 29.5. The van der Waals surface area contributed by atoms with Crippen molar-refractivity contribution in [1.82, 2.24) is 19.2 Å². The van der Waals surface area contributed by atoms with Crippen LogP contribution in [0.25, 0.3) is 16.6 Å². The molecule has 1 N–H and O–H groups in total. The average Bonchev–Trinajstić information content (AvgIpc) is 3.16. The number of carbonyl (C=O) groups excluding carboxylic acids is 1. The zero-order valence-corrected chi connectivity index (χ0v) is 16.6. The van der Waals surface area contributed by atoms with Crippen molar-refractivity contribution in [1.29, 1.82) is 0 Å². The summed E-state index contributed by atoms with van der Waals surface area (Å²) in [5.74, 6) is -0.470. The predicted molar refractivity (Wildman–Crippen MR) is 109 cm³/mol. The highest BCUT2D eigenvalue weighted by molar-refractivity contribution is 5.93. The number of imidazole rings is 1. The minimum atomic E-state index is -4.54. The second-order valence-corrected chi connectivity index (χ2v) is 7.38. The molecule has 0 fully saturated rings. The molecule has 3 heterocycles. The van der Waals surface area contributed by atoms with Gasteiger partial charge in [0, 0.05) is 41.8 Å². The summed E-state index contributed by atoms with van der Waals surface area (Å²) in [6, 6.07) is 5.94. The number of fused-ring (bicyclic) bond motifs is 2. The lowest BCUT2D eigenvalue weighted by Crippen LogP contribution is -2.25. The summed E-state index contributed by atoms with van der Waals surface area (Å²) in [7, 11) is 0. The molecule has 1 aromatic carbocycles. The number of nitrogens with zero attached hydrogens (tertiary/aromatic N) is 4. The van der Waals surface area contributed by atoms with Gasteiger partial charge in [0.15, 0.2) is 0 Å². The van der Waals surface area contributed by atoms with Crippen molar-refractivity contribution in [2.24, 2.45) is 0 Å². The van der Waals surface area contributed by atoms with Crippen molar-refractivity contribution in [3.05, 3.63) is 70.4 Å². The molecule has 4 rings (SSSR count). The van der Waals surface area contributed by atoms with E-state index in [0.717, 1.165) is 18.2 Å². The predicted octanol–water partition coefficient (Wildman–Crippen LogP) is 3.83. The summed E-state index contributed by atoms with van der Waals surface area (Å²) >= 11 is 0. The lowest BCUT2D eigenvalue weighted by molar-refractivity contribution is -0.137. The Morgan fingerprint density at radius 1 is 1.16 bits per heavy atom. The number of hydrogen-bond donors (Lipinski definition) is 1. The van der Waals surface area contributed by atoms with Crippen LogP contribution in [0.3, 0.4) is 0 Å². The third-order valence-electron chi connectivity index (χ3n) is 4.81. The fraction of sp³-hybridized carbons (Fsp3) is 0.238. The third kappa shape index (κ3) is 4.00. The lowest BCUT2D eigenvalue weighted by atomic mass is 10.1. The van der Waals surface area contributed by atoms with Gasteiger partial charge >= 0.3 is 6.18 Å². The molecule has 0 saturated heterocycles. The topological polar surface area (TPSA) is 81.3 Å². The number of alkyl halides is 3. The Kier molecular flexibility index (Phi) is 5.00. The molecule has 3 aromatic heterocycles. The van der Waals surface area contributed by atoms with Crippen LogP contribution in [0, 0.1) is 0 Å². The van der Waals surface area contributed by atoms with Gasteiger partial charge in [-0.2, -0.15) is 18.3 Å². The van der Waals surface area contributed by atoms with Crippen LogP contribution in [-0.4, -0.2) is 25.1 Å². The first-order valence-corrected chi connectivity index (χ1v) is 9.48. The Morgan fingerprint density at radius 2 is 1.94 bits per heavy atom. The Balaban J connectivity index is 1.68. The van der Waals surface area contributed by atoms with Crippen LogP contribution >= 0.6 is 0 Å². The van der Waals surface area contributed by atoms with Crippen LogP contribution in [0.2, 0.25) is 0 Å². The largest absolute Gasteiger partial charge is 0.416 e. The zero-order chi connectivity index (χ0) is 22.3. The zero-order valence-electron chi connectivity index (χ0n) is 16.6. The molecule has 0 atom stereocenters. The third-order valence-corrected chi connectivity index (χ3v) is 4.81. The van der Waals surface area contributed by atoms with E-state index in [0.29, 0.717) is 11.3 Å². The van der Waals surface area contributed by atoms with Crippen molar-refractivity contribution in [3.8, 4) is 0 Å². The average molecular weight is 429 g/mol. The highest BCUT2D eigenvalue weighted by Gasteiger charge is 2.31. The minimum Gasteiger partial charge on any atom is -0.326 e. The maximum Gasteiger partial charge on any atom is 0.416 e. The molecule has 0 aliphatic carbocycles. The lowest BCUT2D eigenvalue weighted by Gasteiger charge is -2.17. The molecule has 0 aliphatic rings. The molecule has 0 aliphatic heterocycles. The number of carbonyl (C=O) groups is 1. The van der Waals surface area contributed by atoms with Crippen molar-refractivity contribution in [2.45, 2.75) is 32.5 Å². The van der Waals surface area contributed by atoms with Crippen molar-refractivity contribution >= 4 is 28.1 Å². The molecule has 1 amide bonds. The van der Waals surface area contributed by atoms with Crippen LogP contribution in [-0.2, 0) is 17.4 Å². The van der Waals surface area contributed by atoms with Crippen molar-refractivity contribution < 1.29 is 18.0 Å². The number of hydrogen-bond acceptors (Lipinski definition) is 4. The fourth-order valence-electron chi connectivity index (χ4n) is 3.33. The van der Waals surface area contributed by atoms with E-state index in [4.69, 9.17) is 0 Å². The van der Waals surface area contributed by atoms with Gasteiger partial charge in [0.2, 0.25) is 11.3 Å². The van der Waals surface area contributed by atoms with E-state index in [-0.39, 0.29) is 29.1 Å². The molecule has 0 saturated carbocycles. The summed E-state index contributed by atoms with van der Waals surface area (Å²) in [5.41, 5.74) is -0.258.